The molecule has 0 aliphatic carbocycles. The van der Waals surface area contributed by atoms with Gasteiger partial charge in [0.2, 0.25) is 0 Å². The van der Waals surface area contributed by atoms with Gasteiger partial charge in [0.15, 0.2) is 5.89 Å². The van der Waals surface area contributed by atoms with Crippen molar-refractivity contribution in [2.24, 2.45) is 5.92 Å². The van der Waals surface area contributed by atoms with E-state index in [0.29, 0.717) is 12.3 Å². The van der Waals surface area contributed by atoms with Gasteiger partial charge >= 0.3 is 0 Å². The summed E-state index contributed by atoms with van der Waals surface area (Å²) in [5.74, 6) is 1.52. The van der Waals surface area contributed by atoms with Gasteiger partial charge < -0.3 is 9.73 Å². The van der Waals surface area contributed by atoms with Gasteiger partial charge in [-0.15, -0.1) is 0 Å². The third kappa shape index (κ3) is 2.89. The zero-order valence-corrected chi connectivity index (χ0v) is 8.95. The van der Waals surface area contributed by atoms with Crippen molar-refractivity contribution in [3.63, 3.8) is 0 Å². The lowest BCUT2D eigenvalue weighted by Gasteiger charge is -2.02. The fourth-order valence-electron chi connectivity index (χ4n) is 1.91. The van der Waals surface area contributed by atoms with Crippen molar-refractivity contribution in [2.75, 3.05) is 13.1 Å². The first-order valence-electron chi connectivity index (χ1n) is 5.37. The molecule has 1 aliphatic rings. The Morgan fingerprint density at radius 2 is 2.60 bits per heavy atom. The summed E-state index contributed by atoms with van der Waals surface area (Å²) >= 11 is 0. The minimum absolute atomic E-state index is 0.123. The van der Waals surface area contributed by atoms with Gasteiger partial charge in [0, 0.05) is 6.42 Å². The molecule has 2 rings (SSSR count). The Hall–Kier alpha value is -1.16. The van der Waals surface area contributed by atoms with Crippen molar-refractivity contribution < 1.29 is 9.21 Å². The van der Waals surface area contributed by atoms with Gasteiger partial charge in [0.05, 0.1) is 12.1 Å². The maximum atomic E-state index is 10.9. The van der Waals surface area contributed by atoms with Gasteiger partial charge in [0.25, 0.3) is 0 Å². The number of carbonyl (C=O) groups excluding carboxylic acids is 1. The number of Topliss-reactive ketones (excluding diaryl/α,β-unsaturated/α-hetero) is 1. The maximum absolute atomic E-state index is 10.9. The minimum atomic E-state index is 0.123. The van der Waals surface area contributed by atoms with Crippen LogP contribution in [0.5, 0.6) is 0 Å². The van der Waals surface area contributed by atoms with Crippen molar-refractivity contribution in [3.8, 4) is 0 Å². The second-order valence-electron chi connectivity index (χ2n) is 4.17. The van der Waals surface area contributed by atoms with Crippen LogP contribution in [-0.2, 0) is 17.6 Å². The molecule has 0 saturated carbocycles. The van der Waals surface area contributed by atoms with Crippen LogP contribution in [0, 0.1) is 5.92 Å². The normalized spacial score (nSPS) is 20.7. The molecule has 0 aromatic carbocycles. The monoisotopic (exact) mass is 208 g/mol. The predicted molar refractivity (Wildman–Crippen MR) is 55.6 cm³/mol. The fraction of sp³-hybridized carbons (Fsp3) is 0.636. The first-order chi connectivity index (χ1) is 7.24. The van der Waals surface area contributed by atoms with Crippen LogP contribution in [0.1, 0.15) is 24.9 Å². The molecule has 1 unspecified atom stereocenters. The van der Waals surface area contributed by atoms with Crippen molar-refractivity contribution >= 4 is 5.78 Å². The number of aromatic nitrogens is 1. The van der Waals surface area contributed by atoms with Crippen LogP contribution in [0.3, 0.4) is 0 Å². The first kappa shape index (κ1) is 10.4. The lowest BCUT2D eigenvalue weighted by Crippen LogP contribution is -2.11. The summed E-state index contributed by atoms with van der Waals surface area (Å²) in [7, 11) is 0. The van der Waals surface area contributed by atoms with Crippen molar-refractivity contribution in [1.29, 1.82) is 0 Å². The molecular formula is C11H16N2O2. The van der Waals surface area contributed by atoms with Crippen molar-refractivity contribution in [3.05, 3.63) is 17.8 Å². The maximum Gasteiger partial charge on any atom is 0.194 e. The lowest BCUT2D eigenvalue weighted by molar-refractivity contribution is -0.116. The van der Waals surface area contributed by atoms with Crippen LogP contribution in [-0.4, -0.2) is 23.9 Å². The van der Waals surface area contributed by atoms with E-state index in [4.69, 9.17) is 4.42 Å². The highest BCUT2D eigenvalue weighted by Gasteiger charge is 2.17. The molecule has 1 N–H and O–H groups in total. The van der Waals surface area contributed by atoms with Crippen LogP contribution in [0.2, 0.25) is 0 Å². The Morgan fingerprint density at radius 3 is 3.27 bits per heavy atom. The molecule has 1 aromatic rings. The van der Waals surface area contributed by atoms with E-state index >= 15 is 0 Å². The molecule has 0 radical (unpaired) electrons. The minimum Gasteiger partial charge on any atom is -0.449 e. The Morgan fingerprint density at radius 1 is 1.73 bits per heavy atom. The van der Waals surface area contributed by atoms with Gasteiger partial charge in [-0.05, 0) is 32.4 Å². The molecule has 1 saturated heterocycles. The Labute approximate surface area is 89.1 Å². The molecule has 15 heavy (non-hydrogen) atoms. The van der Waals surface area contributed by atoms with Crippen molar-refractivity contribution in [1.82, 2.24) is 10.3 Å². The summed E-state index contributed by atoms with van der Waals surface area (Å²) in [5.41, 5.74) is 0.753. The molecular weight excluding hydrogens is 192 g/mol. The van der Waals surface area contributed by atoms with Gasteiger partial charge in [0.1, 0.15) is 12.0 Å². The predicted octanol–water partition coefficient (Wildman–Crippen LogP) is 0.958. The molecule has 1 fully saturated rings. The van der Waals surface area contributed by atoms with E-state index in [1.807, 2.05) is 0 Å². The van der Waals surface area contributed by atoms with E-state index in [1.54, 1.807) is 13.2 Å². The highest BCUT2D eigenvalue weighted by atomic mass is 16.3. The molecule has 82 valence electrons. The summed E-state index contributed by atoms with van der Waals surface area (Å²) in [6, 6.07) is 0. The number of hydrogen-bond acceptors (Lipinski definition) is 4. The quantitative estimate of drug-likeness (QED) is 0.800. The number of nitrogens with one attached hydrogen (secondary N) is 1. The van der Waals surface area contributed by atoms with Crippen molar-refractivity contribution in [2.45, 2.75) is 26.2 Å². The van der Waals surface area contributed by atoms with E-state index in [9.17, 15) is 4.79 Å². The van der Waals surface area contributed by atoms with Crippen LogP contribution in [0.25, 0.3) is 0 Å². The smallest absolute Gasteiger partial charge is 0.194 e. The molecule has 0 amide bonds. The summed E-state index contributed by atoms with van der Waals surface area (Å²) in [6.07, 6.45) is 4.04. The number of carbonyl (C=O) groups is 1. The SMILES string of the molecule is CC(=O)Cc1coc(CC2CCNC2)n1. The van der Waals surface area contributed by atoms with E-state index < -0.39 is 0 Å². The van der Waals surface area contributed by atoms with E-state index in [0.717, 1.165) is 31.1 Å². The second-order valence-corrected chi connectivity index (χ2v) is 4.17. The van der Waals surface area contributed by atoms with Gasteiger partial charge in [-0.3, -0.25) is 4.79 Å². The summed E-state index contributed by atoms with van der Waals surface area (Å²) < 4.78 is 5.34. The van der Waals surface area contributed by atoms with E-state index in [2.05, 4.69) is 10.3 Å². The highest BCUT2D eigenvalue weighted by Crippen LogP contribution is 2.15. The van der Waals surface area contributed by atoms with Crippen LogP contribution in [0.15, 0.2) is 10.7 Å². The summed E-state index contributed by atoms with van der Waals surface area (Å²) in [6.45, 7) is 3.70. The summed E-state index contributed by atoms with van der Waals surface area (Å²) in [4.78, 5) is 15.2. The number of ketones is 1. The highest BCUT2D eigenvalue weighted by molar-refractivity contribution is 5.77. The van der Waals surface area contributed by atoms with Crippen LogP contribution in [0.4, 0.5) is 0 Å². The Kier molecular flexibility index (Phi) is 3.16. The number of rotatable bonds is 4. The van der Waals surface area contributed by atoms with Gasteiger partial charge in [-0.2, -0.15) is 0 Å². The third-order valence-electron chi connectivity index (χ3n) is 2.66. The molecule has 4 heteroatoms. The first-order valence-corrected chi connectivity index (χ1v) is 5.37. The van der Waals surface area contributed by atoms with Crippen LogP contribution < -0.4 is 5.32 Å². The van der Waals surface area contributed by atoms with Gasteiger partial charge in [-0.1, -0.05) is 0 Å². The molecule has 1 atom stereocenters. The van der Waals surface area contributed by atoms with Gasteiger partial charge in [-0.25, -0.2) is 4.98 Å². The molecule has 1 aliphatic heterocycles. The molecule has 2 heterocycles. The fourth-order valence-corrected chi connectivity index (χ4v) is 1.91. The van der Waals surface area contributed by atoms with E-state index in [-0.39, 0.29) is 5.78 Å². The van der Waals surface area contributed by atoms with Crippen LogP contribution >= 0.6 is 0 Å². The molecule has 4 nitrogen and oxygen atoms in total. The standard InChI is InChI=1S/C11H16N2O2/c1-8(14)4-10-7-15-11(13-10)5-9-2-3-12-6-9/h7,9,12H,2-6H2,1H3. The molecule has 0 spiro atoms. The Bertz CT molecular complexity index is 340. The molecule has 0 bridgehead atoms. The molecule has 1 aromatic heterocycles. The lowest BCUT2D eigenvalue weighted by atomic mass is 10.1. The number of oxazole rings is 1. The zero-order valence-electron chi connectivity index (χ0n) is 8.95. The third-order valence-corrected chi connectivity index (χ3v) is 2.66. The zero-order chi connectivity index (χ0) is 10.7. The average molecular weight is 208 g/mol. The average Bonchev–Trinajstić information content (AvgIpc) is 2.77. The summed E-state index contributed by atoms with van der Waals surface area (Å²) in [5, 5.41) is 3.31. The largest absolute Gasteiger partial charge is 0.449 e. The van der Waals surface area contributed by atoms with E-state index in [1.165, 1.54) is 6.42 Å². The topological polar surface area (TPSA) is 55.1 Å². The number of nitrogens with zero attached hydrogens (tertiary/aromatic N) is 1. The number of hydrogen-bond donors (Lipinski definition) is 1. The Balaban J connectivity index is 1.91. The second kappa shape index (κ2) is 4.57.